The topological polar surface area (TPSA) is 64.6 Å². The molecule has 1 aromatic carbocycles. The summed E-state index contributed by atoms with van der Waals surface area (Å²) in [5, 5.41) is 2.68. The number of nitrogens with one attached hydrogen (secondary N) is 1. The van der Waals surface area contributed by atoms with Crippen molar-refractivity contribution in [2.45, 2.75) is 12.8 Å². The molecule has 0 saturated carbocycles. The van der Waals surface area contributed by atoms with Crippen molar-refractivity contribution in [2.75, 3.05) is 19.5 Å². The number of hydrogen-bond donors (Lipinski definition) is 1. The van der Waals surface area contributed by atoms with Crippen LogP contribution in [-0.2, 0) is 16.0 Å². The van der Waals surface area contributed by atoms with E-state index in [0.29, 0.717) is 17.2 Å². The molecule has 1 amide bonds. The number of benzene rings is 1. The molecule has 0 aromatic heterocycles. The normalized spacial score (nSPS) is 14.7. The molecule has 2 rings (SSSR count). The molecular formula is C12H13NO4. The van der Waals surface area contributed by atoms with Gasteiger partial charge in [0.15, 0.2) is 11.5 Å². The van der Waals surface area contributed by atoms with Crippen LogP contribution in [0.1, 0.15) is 12.0 Å². The largest absolute Gasteiger partial charge is 0.493 e. The molecule has 1 aromatic rings. The average molecular weight is 235 g/mol. The second-order valence-electron chi connectivity index (χ2n) is 3.80. The predicted molar refractivity (Wildman–Crippen MR) is 61.5 cm³/mol. The van der Waals surface area contributed by atoms with Crippen LogP contribution >= 0.6 is 0 Å². The fourth-order valence-electron chi connectivity index (χ4n) is 1.83. The molecular weight excluding hydrogens is 222 g/mol. The lowest BCUT2D eigenvalue weighted by atomic mass is 10.1. The summed E-state index contributed by atoms with van der Waals surface area (Å²) in [6, 6.07) is 3.39. The summed E-state index contributed by atoms with van der Waals surface area (Å²) in [5.41, 5.74) is 1.36. The van der Waals surface area contributed by atoms with Crippen LogP contribution in [-0.4, -0.2) is 25.9 Å². The molecule has 1 N–H and O–H groups in total. The number of rotatable bonds is 2. The van der Waals surface area contributed by atoms with E-state index in [1.165, 1.54) is 14.2 Å². The Morgan fingerprint density at radius 2 is 1.71 bits per heavy atom. The Morgan fingerprint density at radius 1 is 1.06 bits per heavy atom. The molecule has 17 heavy (non-hydrogen) atoms. The lowest BCUT2D eigenvalue weighted by molar-refractivity contribution is -0.124. The highest BCUT2D eigenvalue weighted by Crippen LogP contribution is 2.34. The van der Waals surface area contributed by atoms with Crippen molar-refractivity contribution in [1.82, 2.24) is 0 Å². The molecule has 0 fully saturated rings. The summed E-state index contributed by atoms with van der Waals surface area (Å²) in [5.74, 6) is 0.686. The van der Waals surface area contributed by atoms with Gasteiger partial charge in [0.05, 0.1) is 20.6 Å². The average Bonchev–Trinajstić information content (AvgIpc) is 2.43. The van der Waals surface area contributed by atoms with Crippen LogP contribution in [0.3, 0.4) is 0 Å². The van der Waals surface area contributed by atoms with Crippen molar-refractivity contribution in [1.29, 1.82) is 0 Å². The molecule has 0 spiro atoms. The Morgan fingerprint density at radius 3 is 2.35 bits per heavy atom. The zero-order valence-corrected chi connectivity index (χ0v) is 9.70. The SMILES string of the molecule is COc1cc2c(cc1OC)NC(=O)CC(=O)C2. The summed E-state index contributed by atoms with van der Waals surface area (Å²) in [6.45, 7) is 0. The number of amides is 1. The van der Waals surface area contributed by atoms with E-state index in [4.69, 9.17) is 9.47 Å². The monoisotopic (exact) mass is 235 g/mol. The number of fused-ring (bicyclic) bond motifs is 1. The minimum Gasteiger partial charge on any atom is -0.493 e. The van der Waals surface area contributed by atoms with Gasteiger partial charge >= 0.3 is 0 Å². The Labute approximate surface area is 98.7 Å². The van der Waals surface area contributed by atoms with E-state index < -0.39 is 0 Å². The Hall–Kier alpha value is -2.04. The fourth-order valence-corrected chi connectivity index (χ4v) is 1.83. The Bertz CT molecular complexity index is 439. The molecule has 0 atom stereocenters. The highest BCUT2D eigenvalue weighted by molar-refractivity contribution is 6.08. The van der Waals surface area contributed by atoms with Gasteiger partial charge in [-0.25, -0.2) is 0 Å². The number of ether oxygens (including phenoxy) is 2. The zero-order chi connectivity index (χ0) is 12.4. The quantitative estimate of drug-likeness (QED) is 0.781. The van der Waals surface area contributed by atoms with Gasteiger partial charge in [-0.05, 0) is 11.6 Å². The summed E-state index contributed by atoms with van der Waals surface area (Å²) >= 11 is 0. The van der Waals surface area contributed by atoms with Gasteiger partial charge in [0.2, 0.25) is 5.91 Å². The van der Waals surface area contributed by atoms with Crippen molar-refractivity contribution in [3.63, 3.8) is 0 Å². The lowest BCUT2D eigenvalue weighted by Crippen LogP contribution is -2.12. The molecule has 0 unspecified atom stereocenters. The minimum absolute atomic E-state index is 0.0840. The first kappa shape index (κ1) is 11.4. The number of anilines is 1. The van der Waals surface area contributed by atoms with E-state index in [9.17, 15) is 9.59 Å². The van der Waals surface area contributed by atoms with Crippen LogP contribution in [0.4, 0.5) is 5.69 Å². The molecule has 90 valence electrons. The van der Waals surface area contributed by atoms with E-state index in [1.54, 1.807) is 12.1 Å². The molecule has 1 heterocycles. The molecule has 0 bridgehead atoms. The van der Waals surface area contributed by atoms with Crippen LogP contribution in [0.2, 0.25) is 0 Å². The summed E-state index contributed by atoms with van der Waals surface area (Å²) < 4.78 is 10.3. The number of carbonyl (C=O) groups excluding carboxylic acids is 2. The zero-order valence-electron chi connectivity index (χ0n) is 9.70. The van der Waals surface area contributed by atoms with Gasteiger partial charge < -0.3 is 14.8 Å². The molecule has 0 aliphatic carbocycles. The summed E-state index contributed by atoms with van der Waals surface area (Å²) in [4.78, 5) is 22.9. The lowest BCUT2D eigenvalue weighted by Gasteiger charge is -2.12. The highest BCUT2D eigenvalue weighted by atomic mass is 16.5. The van der Waals surface area contributed by atoms with Gasteiger partial charge in [-0.1, -0.05) is 0 Å². The molecule has 5 heteroatoms. The molecule has 1 aliphatic rings. The Balaban J connectivity index is 2.50. The summed E-state index contributed by atoms with van der Waals surface area (Å²) in [6.07, 6.45) is 0.147. The summed E-state index contributed by atoms with van der Waals surface area (Å²) in [7, 11) is 3.05. The molecule has 5 nitrogen and oxygen atoms in total. The van der Waals surface area contributed by atoms with E-state index in [-0.39, 0.29) is 24.5 Å². The van der Waals surface area contributed by atoms with Gasteiger partial charge in [0.1, 0.15) is 5.78 Å². The number of ketones is 1. The van der Waals surface area contributed by atoms with Crippen LogP contribution in [0.25, 0.3) is 0 Å². The Kier molecular flexibility index (Phi) is 2.99. The van der Waals surface area contributed by atoms with Gasteiger partial charge in [-0.3, -0.25) is 9.59 Å². The van der Waals surface area contributed by atoms with Crippen molar-refractivity contribution in [3.05, 3.63) is 17.7 Å². The van der Waals surface area contributed by atoms with Crippen molar-refractivity contribution >= 4 is 17.4 Å². The minimum atomic E-state index is -0.291. The predicted octanol–water partition coefficient (Wildman–Crippen LogP) is 1.16. The van der Waals surface area contributed by atoms with Gasteiger partial charge in [0.25, 0.3) is 0 Å². The number of hydrogen-bond acceptors (Lipinski definition) is 4. The van der Waals surface area contributed by atoms with Crippen molar-refractivity contribution in [3.8, 4) is 11.5 Å². The second kappa shape index (κ2) is 4.45. The van der Waals surface area contributed by atoms with Crippen LogP contribution in [0.15, 0.2) is 12.1 Å². The third-order valence-electron chi connectivity index (χ3n) is 2.63. The van der Waals surface area contributed by atoms with Gasteiger partial charge in [-0.15, -0.1) is 0 Å². The first-order valence-corrected chi connectivity index (χ1v) is 5.20. The fraction of sp³-hybridized carbons (Fsp3) is 0.333. The van der Waals surface area contributed by atoms with Crippen LogP contribution < -0.4 is 14.8 Å². The maximum atomic E-state index is 11.5. The van der Waals surface area contributed by atoms with E-state index >= 15 is 0 Å². The third-order valence-corrected chi connectivity index (χ3v) is 2.63. The van der Waals surface area contributed by atoms with Crippen molar-refractivity contribution in [2.24, 2.45) is 0 Å². The van der Waals surface area contributed by atoms with Gasteiger partial charge in [-0.2, -0.15) is 0 Å². The van der Waals surface area contributed by atoms with E-state index in [1.807, 2.05) is 0 Å². The van der Waals surface area contributed by atoms with Crippen LogP contribution in [0.5, 0.6) is 11.5 Å². The highest BCUT2D eigenvalue weighted by Gasteiger charge is 2.21. The number of carbonyl (C=O) groups is 2. The van der Waals surface area contributed by atoms with Crippen molar-refractivity contribution < 1.29 is 19.1 Å². The smallest absolute Gasteiger partial charge is 0.231 e. The van der Waals surface area contributed by atoms with E-state index in [0.717, 1.165) is 5.56 Å². The standard InChI is InChI=1S/C12H13NO4/c1-16-10-4-7-3-8(14)5-12(15)13-9(7)6-11(10)17-2/h4,6H,3,5H2,1-2H3,(H,13,15). The molecule has 1 aliphatic heterocycles. The van der Waals surface area contributed by atoms with E-state index in [2.05, 4.69) is 5.32 Å². The maximum Gasteiger partial charge on any atom is 0.231 e. The number of Topliss-reactive ketones (excluding diaryl/α,β-unsaturated/α-hetero) is 1. The maximum absolute atomic E-state index is 11.5. The van der Waals surface area contributed by atoms with Gasteiger partial charge in [0, 0.05) is 18.2 Å². The first-order chi connectivity index (χ1) is 8.13. The van der Waals surface area contributed by atoms with Crippen LogP contribution in [0, 0.1) is 0 Å². The third kappa shape index (κ3) is 2.22. The molecule has 0 saturated heterocycles. The second-order valence-corrected chi connectivity index (χ2v) is 3.80. The number of methoxy groups -OCH3 is 2. The first-order valence-electron chi connectivity index (χ1n) is 5.20. The molecule has 0 radical (unpaired) electrons.